The van der Waals surface area contributed by atoms with Gasteiger partial charge in [0.25, 0.3) is 0 Å². The molecule has 0 aromatic heterocycles. The van der Waals surface area contributed by atoms with Crippen LogP contribution in [-0.2, 0) is 4.79 Å². The van der Waals surface area contributed by atoms with Gasteiger partial charge in [0.05, 0.1) is 5.92 Å². The summed E-state index contributed by atoms with van der Waals surface area (Å²) in [5.41, 5.74) is 0. The molecule has 0 radical (unpaired) electrons. The number of carbonyl (C=O) groups is 1. The second kappa shape index (κ2) is 5.15. The molecule has 2 fully saturated rings. The van der Waals surface area contributed by atoms with Gasteiger partial charge >= 0.3 is 0 Å². The van der Waals surface area contributed by atoms with Gasteiger partial charge in [-0.1, -0.05) is 0 Å². The summed E-state index contributed by atoms with van der Waals surface area (Å²) in [4.78, 5) is 14.3. The summed E-state index contributed by atoms with van der Waals surface area (Å²) in [6.07, 6.45) is 3.17. The van der Waals surface area contributed by atoms with Crippen LogP contribution in [0.3, 0.4) is 0 Å². The van der Waals surface area contributed by atoms with Crippen LogP contribution in [0.25, 0.3) is 0 Å². The van der Waals surface area contributed by atoms with Gasteiger partial charge in [0.2, 0.25) is 5.91 Å². The first-order chi connectivity index (χ1) is 7.66. The highest BCUT2D eigenvalue weighted by molar-refractivity contribution is 5.79. The van der Waals surface area contributed by atoms with Crippen LogP contribution in [0.2, 0.25) is 0 Å². The summed E-state index contributed by atoms with van der Waals surface area (Å²) in [5.74, 6) is 0.460. The summed E-state index contributed by atoms with van der Waals surface area (Å²) in [5, 5.41) is 6.44. The summed E-state index contributed by atoms with van der Waals surface area (Å²) in [7, 11) is 2.16. The minimum absolute atomic E-state index is 0.204. The quantitative estimate of drug-likeness (QED) is 0.705. The van der Waals surface area contributed by atoms with Gasteiger partial charge < -0.3 is 15.5 Å². The molecule has 16 heavy (non-hydrogen) atoms. The second-order valence-corrected chi connectivity index (χ2v) is 5.25. The Morgan fingerprint density at radius 2 is 2.25 bits per heavy atom. The Hall–Kier alpha value is -0.610. The van der Waals surface area contributed by atoms with Crippen molar-refractivity contribution in [2.75, 3.05) is 26.7 Å². The van der Waals surface area contributed by atoms with Crippen molar-refractivity contribution in [1.82, 2.24) is 15.5 Å². The Balaban J connectivity index is 1.78. The van der Waals surface area contributed by atoms with Crippen molar-refractivity contribution in [2.24, 2.45) is 5.92 Å². The zero-order valence-corrected chi connectivity index (χ0v) is 10.3. The molecular formula is C12H23N3O. The van der Waals surface area contributed by atoms with E-state index in [0.717, 1.165) is 38.9 Å². The fourth-order valence-electron chi connectivity index (χ4n) is 2.62. The third kappa shape index (κ3) is 2.74. The molecule has 0 aromatic carbocycles. The van der Waals surface area contributed by atoms with Crippen LogP contribution >= 0.6 is 0 Å². The van der Waals surface area contributed by atoms with Crippen LogP contribution in [0.1, 0.15) is 26.2 Å². The van der Waals surface area contributed by atoms with E-state index in [9.17, 15) is 4.79 Å². The molecule has 2 aliphatic heterocycles. The van der Waals surface area contributed by atoms with E-state index in [2.05, 4.69) is 29.5 Å². The summed E-state index contributed by atoms with van der Waals surface area (Å²) in [6.45, 7) is 5.17. The number of nitrogens with one attached hydrogen (secondary N) is 2. The largest absolute Gasteiger partial charge is 0.353 e. The maximum atomic E-state index is 11.9. The first-order valence-corrected chi connectivity index (χ1v) is 6.38. The third-order valence-electron chi connectivity index (χ3n) is 3.99. The molecule has 3 unspecified atom stereocenters. The molecule has 3 atom stereocenters. The average molecular weight is 225 g/mol. The summed E-state index contributed by atoms with van der Waals surface area (Å²) in [6, 6.07) is 0.972. The van der Waals surface area contributed by atoms with Crippen molar-refractivity contribution in [3.05, 3.63) is 0 Å². The monoisotopic (exact) mass is 225 g/mol. The normalized spacial score (nSPS) is 36.2. The van der Waals surface area contributed by atoms with E-state index in [1.54, 1.807) is 0 Å². The minimum atomic E-state index is 0.204. The molecule has 0 bridgehead atoms. The number of amides is 1. The molecule has 92 valence electrons. The molecule has 1 amide bonds. The van der Waals surface area contributed by atoms with Gasteiger partial charge in [-0.3, -0.25) is 4.79 Å². The fourth-order valence-corrected chi connectivity index (χ4v) is 2.62. The Bertz CT molecular complexity index is 251. The van der Waals surface area contributed by atoms with Crippen molar-refractivity contribution in [3.63, 3.8) is 0 Å². The van der Waals surface area contributed by atoms with Crippen LogP contribution in [-0.4, -0.2) is 49.6 Å². The van der Waals surface area contributed by atoms with Crippen molar-refractivity contribution in [2.45, 2.75) is 38.3 Å². The summed E-state index contributed by atoms with van der Waals surface area (Å²) >= 11 is 0. The van der Waals surface area contributed by atoms with E-state index in [1.807, 2.05) is 0 Å². The van der Waals surface area contributed by atoms with Crippen LogP contribution in [0, 0.1) is 5.92 Å². The van der Waals surface area contributed by atoms with Crippen molar-refractivity contribution in [1.29, 1.82) is 0 Å². The van der Waals surface area contributed by atoms with Crippen molar-refractivity contribution >= 4 is 5.91 Å². The number of nitrogens with zero attached hydrogens (tertiary/aromatic N) is 1. The SMILES string of the molecule is CC1CC(NC(=O)C2CCNC2)CCN1C. The van der Waals surface area contributed by atoms with Gasteiger partial charge in [0.1, 0.15) is 0 Å². The predicted octanol–water partition coefficient (Wildman–Crippen LogP) is 0.195. The molecule has 2 rings (SSSR count). The lowest BCUT2D eigenvalue weighted by atomic mass is 9.98. The molecule has 2 saturated heterocycles. The van der Waals surface area contributed by atoms with E-state index < -0.39 is 0 Å². The lowest BCUT2D eigenvalue weighted by Gasteiger charge is -2.35. The Labute approximate surface area is 97.8 Å². The first kappa shape index (κ1) is 11.9. The van der Waals surface area contributed by atoms with E-state index in [-0.39, 0.29) is 11.8 Å². The maximum absolute atomic E-state index is 11.9. The minimum Gasteiger partial charge on any atom is -0.353 e. The number of hydrogen-bond donors (Lipinski definition) is 2. The molecular weight excluding hydrogens is 202 g/mol. The van der Waals surface area contributed by atoms with E-state index in [0.29, 0.717) is 12.1 Å². The molecule has 4 nitrogen and oxygen atoms in total. The van der Waals surface area contributed by atoms with Crippen LogP contribution in [0.15, 0.2) is 0 Å². The number of likely N-dealkylation sites (tertiary alicyclic amines) is 1. The number of carbonyl (C=O) groups excluding carboxylic acids is 1. The number of rotatable bonds is 2. The molecule has 2 aliphatic rings. The smallest absolute Gasteiger partial charge is 0.224 e. The van der Waals surface area contributed by atoms with Crippen molar-refractivity contribution < 1.29 is 4.79 Å². The Morgan fingerprint density at radius 3 is 2.88 bits per heavy atom. The fraction of sp³-hybridized carbons (Fsp3) is 0.917. The third-order valence-corrected chi connectivity index (χ3v) is 3.99. The standard InChI is InChI=1S/C12H23N3O/c1-9-7-11(4-6-15(9)2)14-12(16)10-3-5-13-8-10/h9-11,13H,3-8H2,1-2H3,(H,14,16). The zero-order chi connectivity index (χ0) is 11.5. The molecule has 0 aromatic rings. The van der Waals surface area contributed by atoms with Crippen molar-refractivity contribution in [3.8, 4) is 0 Å². The van der Waals surface area contributed by atoms with E-state index in [4.69, 9.17) is 0 Å². The zero-order valence-electron chi connectivity index (χ0n) is 10.3. The molecule has 0 aliphatic carbocycles. The van der Waals surface area contributed by atoms with Gasteiger partial charge in [0.15, 0.2) is 0 Å². The highest BCUT2D eigenvalue weighted by Crippen LogP contribution is 2.16. The van der Waals surface area contributed by atoms with Crippen LogP contribution < -0.4 is 10.6 Å². The lowest BCUT2D eigenvalue weighted by Crippen LogP contribution is -2.48. The topological polar surface area (TPSA) is 44.4 Å². The predicted molar refractivity (Wildman–Crippen MR) is 64.2 cm³/mol. The van der Waals surface area contributed by atoms with Gasteiger partial charge in [-0.05, 0) is 39.8 Å². The lowest BCUT2D eigenvalue weighted by molar-refractivity contribution is -0.125. The second-order valence-electron chi connectivity index (χ2n) is 5.25. The Kier molecular flexibility index (Phi) is 3.82. The highest BCUT2D eigenvalue weighted by Gasteiger charge is 2.27. The van der Waals surface area contributed by atoms with Gasteiger partial charge in [0, 0.05) is 25.2 Å². The Morgan fingerprint density at radius 1 is 1.44 bits per heavy atom. The molecule has 0 saturated carbocycles. The highest BCUT2D eigenvalue weighted by atomic mass is 16.2. The molecule has 4 heteroatoms. The molecule has 2 heterocycles. The number of piperidine rings is 1. The van der Waals surface area contributed by atoms with Crippen LogP contribution in [0.4, 0.5) is 0 Å². The maximum Gasteiger partial charge on any atom is 0.224 e. The molecule has 2 N–H and O–H groups in total. The molecule has 0 spiro atoms. The van der Waals surface area contributed by atoms with E-state index >= 15 is 0 Å². The van der Waals surface area contributed by atoms with Gasteiger partial charge in [-0.15, -0.1) is 0 Å². The van der Waals surface area contributed by atoms with Gasteiger partial charge in [-0.25, -0.2) is 0 Å². The van der Waals surface area contributed by atoms with E-state index in [1.165, 1.54) is 0 Å². The summed E-state index contributed by atoms with van der Waals surface area (Å²) < 4.78 is 0. The number of hydrogen-bond acceptors (Lipinski definition) is 3. The first-order valence-electron chi connectivity index (χ1n) is 6.38. The van der Waals surface area contributed by atoms with Crippen LogP contribution in [0.5, 0.6) is 0 Å². The van der Waals surface area contributed by atoms with Gasteiger partial charge in [-0.2, -0.15) is 0 Å². The average Bonchev–Trinajstić information content (AvgIpc) is 2.77.